The summed E-state index contributed by atoms with van der Waals surface area (Å²) < 4.78 is 29.0. The summed E-state index contributed by atoms with van der Waals surface area (Å²) in [5, 5.41) is 0.360. The van der Waals surface area contributed by atoms with E-state index in [9.17, 15) is 9.59 Å². The van der Waals surface area contributed by atoms with E-state index in [-0.39, 0.29) is 35.3 Å². The maximum Gasteiger partial charge on any atom is 0.344 e. The van der Waals surface area contributed by atoms with Crippen LogP contribution in [-0.2, 0) is 9.53 Å². The lowest BCUT2D eigenvalue weighted by atomic mass is 9.44. The molecule has 0 saturated heterocycles. The first-order chi connectivity index (χ1) is 25.9. The van der Waals surface area contributed by atoms with Crippen molar-refractivity contribution < 1.29 is 28.2 Å². The SMILES string of the molecule is COc1cccc(Oc2c(C)oc3cc(OCC(=O)O[C@H]4CC[C@@]5(C)C(=CC[C@H]6[C@H]7CC[C@@H]([C@@H](C)CCCC(C)C)C[C@@]7(C)CC[C@H]65)C4)ccc3c2=O)c1. The van der Waals surface area contributed by atoms with E-state index in [0.29, 0.717) is 39.4 Å². The summed E-state index contributed by atoms with van der Waals surface area (Å²) in [6.45, 7) is 13.9. The summed E-state index contributed by atoms with van der Waals surface area (Å²) in [6, 6.07) is 12.0. The van der Waals surface area contributed by atoms with Gasteiger partial charge in [0.05, 0.1) is 12.5 Å². The van der Waals surface area contributed by atoms with Gasteiger partial charge in [-0.3, -0.25) is 4.79 Å². The Labute approximate surface area is 322 Å². The Balaban J connectivity index is 0.933. The first kappa shape index (κ1) is 38.5. The van der Waals surface area contributed by atoms with Gasteiger partial charge in [-0.05, 0) is 129 Å². The Hall–Kier alpha value is -3.74. The van der Waals surface area contributed by atoms with Crippen LogP contribution in [0.15, 0.2) is 63.3 Å². The predicted octanol–water partition coefficient (Wildman–Crippen LogP) is 11.6. The van der Waals surface area contributed by atoms with Crippen LogP contribution < -0.4 is 19.6 Å². The molecule has 8 atom stereocenters. The average molecular weight is 739 g/mol. The highest BCUT2D eigenvalue weighted by molar-refractivity contribution is 5.80. The largest absolute Gasteiger partial charge is 0.497 e. The number of esters is 1. The van der Waals surface area contributed by atoms with Crippen molar-refractivity contribution in [3.8, 4) is 23.0 Å². The standard InChI is InChI=1S/C47H62O7/c1-29(2)10-8-11-30(3)32-14-19-40-38-17-15-33-24-37(20-23-47(33,6)41(38)21-22-46(40,5)27-32)53-43(48)28-51-35-16-18-39-42(26-35)52-31(4)45(44(39)49)54-36-13-9-12-34(25-36)50-7/h9,12-13,15-16,18,25-26,29-30,32,37-38,40-41H,8,10-11,14,17,19-24,27-28H2,1-7H3/t30-,32+,37-,38-,40+,41+,46+,47-/m0/s1. The number of hydrogen-bond acceptors (Lipinski definition) is 7. The van der Waals surface area contributed by atoms with Crippen LogP contribution in [0, 0.1) is 53.3 Å². The fraction of sp³-hybridized carbons (Fsp3) is 0.617. The number of ether oxygens (including phenoxy) is 4. The molecule has 0 aliphatic heterocycles. The van der Waals surface area contributed by atoms with Crippen LogP contribution in [0.2, 0.25) is 0 Å². The van der Waals surface area contributed by atoms with Crippen LogP contribution in [0.5, 0.6) is 23.0 Å². The van der Waals surface area contributed by atoms with Gasteiger partial charge in [0.25, 0.3) is 0 Å². The minimum atomic E-state index is -0.374. The van der Waals surface area contributed by atoms with Crippen LogP contribution in [0.4, 0.5) is 0 Å². The van der Waals surface area contributed by atoms with Gasteiger partial charge in [0.2, 0.25) is 11.2 Å². The number of benzene rings is 2. The normalized spacial score (nSPS) is 29.7. The summed E-state index contributed by atoms with van der Waals surface area (Å²) in [6.07, 6.45) is 17.5. The molecule has 54 heavy (non-hydrogen) atoms. The molecule has 292 valence electrons. The van der Waals surface area contributed by atoms with Crippen molar-refractivity contribution in [2.45, 2.75) is 125 Å². The monoisotopic (exact) mass is 738 g/mol. The van der Waals surface area contributed by atoms with Crippen LogP contribution in [0.25, 0.3) is 11.0 Å². The fourth-order valence-electron chi connectivity index (χ4n) is 11.2. The number of aryl methyl sites for hydroxylation is 1. The predicted molar refractivity (Wildman–Crippen MR) is 213 cm³/mol. The van der Waals surface area contributed by atoms with Gasteiger partial charge in [0, 0.05) is 18.6 Å². The number of allylic oxidation sites excluding steroid dienone is 1. The van der Waals surface area contributed by atoms with Crippen LogP contribution >= 0.6 is 0 Å². The van der Waals surface area contributed by atoms with E-state index in [1.807, 2.05) is 0 Å². The topological polar surface area (TPSA) is 84.2 Å². The molecule has 7 nitrogen and oxygen atoms in total. The zero-order valence-corrected chi connectivity index (χ0v) is 33.7. The first-order valence-electron chi connectivity index (χ1n) is 20.8. The maximum absolute atomic E-state index is 13.3. The van der Waals surface area contributed by atoms with Crippen molar-refractivity contribution in [2.75, 3.05) is 13.7 Å². The van der Waals surface area contributed by atoms with Crippen LogP contribution in [-0.4, -0.2) is 25.8 Å². The molecule has 3 aromatic rings. The molecule has 0 bridgehead atoms. The van der Waals surface area contributed by atoms with Gasteiger partial charge in [-0.2, -0.15) is 0 Å². The summed E-state index contributed by atoms with van der Waals surface area (Å²) in [5.41, 5.74) is 2.27. The number of fused-ring (bicyclic) bond motifs is 6. The van der Waals surface area contributed by atoms with Crippen LogP contribution in [0.1, 0.15) is 117 Å². The van der Waals surface area contributed by atoms with Crippen molar-refractivity contribution >= 4 is 16.9 Å². The summed E-state index contributed by atoms with van der Waals surface area (Å²) in [4.78, 5) is 26.4. The summed E-state index contributed by atoms with van der Waals surface area (Å²) in [5.74, 6) is 6.50. The maximum atomic E-state index is 13.3. The Morgan fingerprint density at radius 1 is 0.944 bits per heavy atom. The molecule has 4 aliphatic rings. The number of carbonyl (C=O) groups is 1. The third kappa shape index (κ3) is 7.84. The molecule has 2 aromatic carbocycles. The van der Waals surface area contributed by atoms with E-state index in [1.165, 1.54) is 63.4 Å². The van der Waals surface area contributed by atoms with Gasteiger partial charge < -0.3 is 23.4 Å². The lowest BCUT2D eigenvalue weighted by Crippen LogP contribution is -2.52. The Morgan fingerprint density at radius 2 is 1.76 bits per heavy atom. The third-order valence-electron chi connectivity index (χ3n) is 14.3. The zero-order chi connectivity index (χ0) is 38.2. The number of carbonyl (C=O) groups excluding carboxylic acids is 1. The second-order valence-corrected chi connectivity index (χ2v) is 18.2. The highest BCUT2D eigenvalue weighted by Crippen LogP contribution is 2.65. The van der Waals surface area contributed by atoms with Crippen molar-refractivity contribution in [1.29, 1.82) is 0 Å². The van der Waals surface area contributed by atoms with Crippen molar-refractivity contribution in [3.63, 3.8) is 0 Å². The second-order valence-electron chi connectivity index (χ2n) is 18.2. The smallest absolute Gasteiger partial charge is 0.344 e. The van der Waals surface area contributed by atoms with Crippen LogP contribution in [0.3, 0.4) is 0 Å². The van der Waals surface area contributed by atoms with E-state index >= 15 is 0 Å². The molecule has 4 aliphatic carbocycles. The highest BCUT2D eigenvalue weighted by atomic mass is 16.6. The molecule has 7 heteroatoms. The molecule has 0 amide bonds. The van der Waals surface area contributed by atoms with Gasteiger partial charge in [-0.15, -0.1) is 0 Å². The van der Waals surface area contributed by atoms with E-state index in [1.54, 1.807) is 56.5 Å². The second kappa shape index (κ2) is 15.8. The Morgan fingerprint density at radius 3 is 2.56 bits per heavy atom. The molecule has 1 heterocycles. The van der Waals surface area contributed by atoms with E-state index in [4.69, 9.17) is 23.4 Å². The molecule has 7 rings (SSSR count). The summed E-state index contributed by atoms with van der Waals surface area (Å²) in [7, 11) is 1.58. The van der Waals surface area contributed by atoms with Crippen molar-refractivity contribution in [2.24, 2.45) is 46.3 Å². The van der Waals surface area contributed by atoms with E-state index in [2.05, 4.69) is 40.7 Å². The number of hydrogen-bond donors (Lipinski definition) is 0. The summed E-state index contributed by atoms with van der Waals surface area (Å²) >= 11 is 0. The quantitative estimate of drug-likeness (QED) is 0.135. The van der Waals surface area contributed by atoms with Gasteiger partial charge in [0.1, 0.15) is 34.7 Å². The van der Waals surface area contributed by atoms with Gasteiger partial charge >= 0.3 is 5.97 Å². The number of rotatable bonds is 12. The molecule has 0 unspecified atom stereocenters. The molecule has 0 radical (unpaired) electrons. The minimum Gasteiger partial charge on any atom is -0.497 e. The molecule has 3 fully saturated rings. The van der Waals surface area contributed by atoms with E-state index in [0.717, 1.165) is 54.8 Å². The van der Waals surface area contributed by atoms with E-state index < -0.39 is 0 Å². The molecule has 1 aromatic heterocycles. The molecule has 0 spiro atoms. The first-order valence-corrected chi connectivity index (χ1v) is 20.8. The third-order valence-corrected chi connectivity index (χ3v) is 14.3. The van der Waals surface area contributed by atoms with Gasteiger partial charge in [-0.1, -0.05) is 71.6 Å². The fourth-order valence-corrected chi connectivity index (χ4v) is 11.2. The molecular formula is C47H62O7. The van der Waals surface area contributed by atoms with Crippen molar-refractivity contribution in [3.05, 3.63) is 70.1 Å². The average Bonchev–Trinajstić information content (AvgIpc) is 3.15. The molecular weight excluding hydrogens is 677 g/mol. The number of methoxy groups -OCH3 is 1. The lowest BCUT2D eigenvalue weighted by Gasteiger charge is -2.61. The van der Waals surface area contributed by atoms with Gasteiger partial charge in [-0.25, -0.2) is 4.79 Å². The molecule has 3 saturated carbocycles. The van der Waals surface area contributed by atoms with Crippen molar-refractivity contribution in [1.82, 2.24) is 0 Å². The Kier molecular flexibility index (Phi) is 11.3. The lowest BCUT2D eigenvalue weighted by molar-refractivity contribution is -0.154. The molecule has 0 N–H and O–H groups in total. The highest BCUT2D eigenvalue weighted by Gasteiger charge is 2.56. The Bertz CT molecular complexity index is 1910. The zero-order valence-electron chi connectivity index (χ0n) is 33.7. The van der Waals surface area contributed by atoms with Gasteiger partial charge in [0.15, 0.2) is 6.61 Å². The minimum absolute atomic E-state index is 0.113.